The first-order valence-corrected chi connectivity index (χ1v) is 21.0. The van der Waals surface area contributed by atoms with Gasteiger partial charge in [-0.15, -0.1) is 0 Å². The Hall–Kier alpha value is 0.500. The summed E-state index contributed by atoms with van der Waals surface area (Å²) in [6.45, 7) is 9.98. The van der Waals surface area contributed by atoms with Crippen LogP contribution in [-0.2, 0) is 0 Å². The highest BCUT2D eigenvalue weighted by Gasteiger charge is 2.22. The summed E-state index contributed by atoms with van der Waals surface area (Å²) in [7, 11) is 9.89. The zero-order valence-electron chi connectivity index (χ0n) is 33.1. The molecule has 4 heteroatoms. The van der Waals surface area contributed by atoms with Crippen LogP contribution in [0.15, 0.2) is 0 Å². The predicted molar refractivity (Wildman–Crippen MR) is 203 cm³/mol. The monoisotopic (exact) mass is 693 g/mol. The van der Waals surface area contributed by atoms with E-state index >= 15 is 0 Å². The lowest BCUT2D eigenvalue weighted by Crippen LogP contribution is -3.00. The molecule has 0 aromatic rings. The van der Waals surface area contributed by atoms with E-state index in [0.717, 1.165) is 0 Å². The Balaban J connectivity index is -0.00000924. The van der Waals surface area contributed by atoms with Gasteiger partial charge in [-0.2, -0.15) is 0 Å². The van der Waals surface area contributed by atoms with Crippen LogP contribution in [0.25, 0.3) is 0 Å². The third-order valence-electron chi connectivity index (χ3n) is 10.5. The summed E-state index contributed by atoms with van der Waals surface area (Å²) in [6.07, 6.45) is 46.7. The minimum absolute atomic E-state index is 0. The Bertz CT molecular complexity index is 504. The highest BCUT2D eigenvalue weighted by Crippen LogP contribution is 2.16. The van der Waals surface area contributed by atoms with E-state index in [0.29, 0.717) is 0 Å². The summed E-state index contributed by atoms with van der Waals surface area (Å²) in [4.78, 5) is 0. The summed E-state index contributed by atoms with van der Waals surface area (Å²) in [6, 6.07) is 0. The topological polar surface area (TPSA) is 0 Å². The number of hydrogen-bond acceptors (Lipinski definition) is 0. The average molecular weight is 694 g/mol. The molecule has 0 rings (SSSR count). The molecule has 0 aliphatic carbocycles. The average Bonchev–Trinajstić information content (AvgIpc) is 3.00. The molecule has 0 heterocycles. The van der Waals surface area contributed by atoms with Crippen molar-refractivity contribution in [2.24, 2.45) is 0 Å². The first kappa shape index (κ1) is 50.9. The van der Waals surface area contributed by atoms with Crippen molar-refractivity contribution in [2.75, 3.05) is 54.4 Å². The molecule has 0 unspecified atom stereocenters. The Morgan fingerprint density at radius 2 is 0.370 bits per heavy atom. The van der Waals surface area contributed by atoms with E-state index in [9.17, 15) is 0 Å². The van der Waals surface area contributed by atoms with Crippen molar-refractivity contribution in [2.45, 2.75) is 219 Å². The maximum atomic E-state index is 2.47. The maximum Gasteiger partial charge on any atom is 0.128 e. The molecule has 0 amide bonds. The van der Waals surface area contributed by atoms with Crippen LogP contribution in [-0.4, -0.2) is 63.3 Å². The zero-order valence-corrected chi connectivity index (χ0v) is 34.6. The van der Waals surface area contributed by atoms with E-state index in [-0.39, 0.29) is 24.8 Å². The minimum Gasteiger partial charge on any atom is -1.00 e. The number of quaternary nitrogens is 2. The van der Waals surface area contributed by atoms with Crippen molar-refractivity contribution in [1.29, 1.82) is 0 Å². The van der Waals surface area contributed by atoms with Crippen LogP contribution in [0, 0.1) is 0 Å². The Kier molecular flexibility index (Phi) is 42.4. The molecule has 0 aromatic carbocycles. The summed E-state index contributed by atoms with van der Waals surface area (Å²) >= 11 is 0. The molecule has 0 aliphatic heterocycles. The van der Waals surface area contributed by atoms with Crippen LogP contribution in [0.1, 0.15) is 219 Å². The molecule has 0 radical (unpaired) electrons. The van der Waals surface area contributed by atoms with Gasteiger partial charge < -0.3 is 33.8 Å². The highest BCUT2D eigenvalue weighted by molar-refractivity contribution is 4.52. The SMILES string of the molecule is CCCCCCCCCCCCCCCCCC[N+](C)(C)CC[N+](C)(C)CCCCCCCCCCCCCCCCCC.[Cl-].[Cl-]. The van der Waals surface area contributed by atoms with Crippen LogP contribution in [0.4, 0.5) is 0 Å². The summed E-state index contributed by atoms with van der Waals surface area (Å²) in [5, 5.41) is 0. The summed E-state index contributed by atoms with van der Waals surface area (Å²) in [5.74, 6) is 0. The molecule has 0 aromatic heterocycles. The number of likely N-dealkylation sites (N-methyl/N-ethyl adjacent to an activating group) is 2. The fourth-order valence-electron chi connectivity index (χ4n) is 6.94. The van der Waals surface area contributed by atoms with Crippen LogP contribution < -0.4 is 24.8 Å². The molecule has 2 nitrogen and oxygen atoms in total. The van der Waals surface area contributed by atoms with Gasteiger partial charge in [0.15, 0.2) is 0 Å². The van der Waals surface area contributed by atoms with Gasteiger partial charge >= 0.3 is 0 Å². The fourth-order valence-corrected chi connectivity index (χ4v) is 6.94. The Labute approximate surface area is 306 Å². The van der Waals surface area contributed by atoms with Crippen molar-refractivity contribution < 1.29 is 33.8 Å². The largest absolute Gasteiger partial charge is 1.00 e. The molecule has 0 fully saturated rings. The van der Waals surface area contributed by atoms with Crippen molar-refractivity contribution in [3.05, 3.63) is 0 Å². The lowest BCUT2D eigenvalue weighted by Gasteiger charge is -2.36. The molecule has 0 bridgehead atoms. The van der Waals surface area contributed by atoms with E-state index in [2.05, 4.69) is 42.0 Å². The first-order chi connectivity index (χ1) is 21.3. The van der Waals surface area contributed by atoms with Crippen molar-refractivity contribution in [3.63, 3.8) is 0 Å². The van der Waals surface area contributed by atoms with E-state index in [1.54, 1.807) is 0 Å². The molecule has 0 saturated carbocycles. The number of nitrogens with zero attached hydrogens (tertiary/aromatic N) is 2. The van der Waals surface area contributed by atoms with Gasteiger partial charge in [0, 0.05) is 0 Å². The smallest absolute Gasteiger partial charge is 0.128 e. The summed E-state index contributed by atoms with van der Waals surface area (Å²) in [5.41, 5.74) is 0. The van der Waals surface area contributed by atoms with E-state index < -0.39 is 0 Å². The third-order valence-corrected chi connectivity index (χ3v) is 10.5. The van der Waals surface area contributed by atoms with E-state index in [4.69, 9.17) is 0 Å². The second-order valence-electron chi connectivity index (χ2n) is 16.4. The molecule has 282 valence electrons. The molecule has 0 atom stereocenters. The number of rotatable bonds is 37. The molecule has 0 saturated heterocycles. The second kappa shape index (κ2) is 38.3. The second-order valence-corrected chi connectivity index (χ2v) is 16.4. The van der Waals surface area contributed by atoms with Gasteiger partial charge in [-0.1, -0.05) is 194 Å². The van der Waals surface area contributed by atoms with Crippen LogP contribution in [0.3, 0.4) is 0 Å². The first-order valence-electron chi connectivity index (χ1n) is 21.0. The Morgan fingerprint density at radius 1 is 0.217 bits per heavy atom. The van der Waals surface area contributed by atoms with Gasteiger partial charge in [0.1, 0.15) is 13.1 Å². The van der Waals surface area contributed by atoms with Gasteiger partial charge in [-0.3, -0.25) is 0 Å². The zero-order chi connectivity index (χ0) is 32.5. The molecule has 0 N–H and O–H groups in total. The Morgan fingerprint density at radius 3 is 0.543 bits per heavy atom. The van der Waals surface area contributed by atoms with Gasteiger partial charge in [0.05, 0.1) is 41.3 Å². The molecule has 0 aliphatic rings. The van der Waals surface area contributed by atoms with Crippen molar-refractivity contribution in [1.82, 2.24) is 0 Å². The highest BCUT2D eigenvalue weighted by atomic mass is 35.5. The van der Waals surface area contributed by atoms with Gasteiger partial charge in [0.25, 0.3) is 0 Å². The number of unbranched alkanes of at least 4 members (excludes halogenated alkanes) is 30. The standard InChI is InChI=1S/C42H90N2.2ClH/c1-7-9-11-13-15-17-19-21-23-25-27-29-31-33-35-37-39-43(3,4)41-42-44(5,6)40-38-36-34-32-30-28-26-24-22-20-18-16-14-12-10-8-2;;/h7-42H2,1-6H3;2*1H/q+2;;/p-2. The van der Waals surface area contributed by atoms with Crippen molar-refractivity contribution >= 4 is 0 Å². The quantitative estimate of drug-likeness (QED) is 0.0463. The van der Waals surface area contributed by atoms with Gasteiger partial charge in [0.2, 0.25) is 0 Å². The van der Waals surface area contributed by atoms with Gasteiger partial charge in [-0.25, -0.2) is 0 Å². The van der Waals surface area contributed by atoms with Gasteiger partial charge in [-0.05, 0) is 25.7 Å². The lowest BCUT2D eigenvalue weighted by atomic mass is 10.0. The lowest BCUT2D eigenvalue weighted by molar-refractivity contribution is -0.946. The predicted octanol–water partition coefficient (Wildman–Crippen LogP) is 7.67. The minimum atomic E-state index is 0. The summed E-state index contributed by atoms with van der Waals surface area (Å²) < 4.78 is 2.42. The molecule has 46 heavy (non-hydrogen) atoms. The third kappa shape index (κ3) is 40.7. The van der Waals surface area contributed by atoms with Crippen LogP contribution >= 0.6 is 0 Å². The molecular formula is C42H90Cl2N2. The molecular weight excluding hydrogens is 603 g/mol. The normalized spacial score (nSPS) is 11.9. The fraction of sp³-hybridized carbons (Fsp3) is 1.00. The van der Waals surface area contributed by atoms with Crippen molar-refractivity contribution in [3.8, 4) is 0 Å². The number of halogens is 2. The van der Waals surface area contributed by atoms with E-state index in [1.807, 2.05) is 0 Å². The van der Waals surface area contributed by atoms with E-state index in [1.165, 1.54) is 241 Å². The van der Waals surface area contributed by atoms with Crippen LogP contribution in [0.2, 0.25) is 0 Å². The maximum absolute atomic E-state index is 2.47. The molecule has 0 spiro atoms. The number of hydrogen-bond donors (Lipinski definition) is 0. The van der Waals surface area contributed by atoms with Crippen LogP contribution in [0.5, 0.6) is 0 Å².